The van der Waals surface area contributed by atoms with Crippen LogP contribution in [0.5, 0.6) is 5.75 Å². The summed E-state index contributed by atoms with van der Waals surface area (Å²) in [5.74, 6) is -2.00. The zero-order valence-corrected chi connectivity index (χ0v) is 23.7. The molecule has 0 saturated heterocycles. The van der Waals surface area contributed by atoms with E-state index >= 15 is 0 Å². The summed E-state index contributed by atoms with van der Waals surface area (Å²) in [6.45, 7) is 4.22. The number of pyridine rings is 1. The first-order valence-electron chi connectivity index (χ1n) is 13.5. The summed E-state index contributed by atoms with van der Waals surface area (Å²) in [5, 5.41) is 5.71. The first-order chi connectivity index (χ1) is 20.1. The van der Waals surface area contributed by atoms with E-state index in [-0.39, 0.29) is 41.4 Å². The minimum absolute atomic E-state index is 0.0635. The van der Waals surface area contributed by atoms with Crippen LogP contribution in [0.3, 0.4) is 0 Å². The van der Waals surface area contributed by atoms with Crippen molar-refractivity contribution in [1.82, 2.24) is 20.0 Å². The van der Waals surface area contributed by atoms with Gasteiger partial charge in [-0.1, -0.05) is 49.7 Å². The van der Waals surface area contributed by atoms with Crippen molar-refractivity contribution >= 4 is 17.6 Å². The molecule has 0 radical (unpaired) electrons. The number of halogens is 3. The van der Waals surface area contributed by atoms with Crippen LogP contribution in [0.2, 0.25) is 0 Å². The Kier molecular flexibility index (Phi) is 9.72. The van der Waals surface area contributed by atoms with Crippen molar-refractivity contribution in [3.8, 4) is 5.75 Å². The van der Waals surface area contributed by atoms with Gasteiger partial charge in [-0.2, -0.15) is 0 Å². The number of alkyl halides is 1. The van der Waals surface area contributed by atoms with Gasteiger partial charge < -0.3 is 20.1 Å². The van der Waals surface area contributed by atoms with E-state index < -0.39 is 42.5 Å². The van der Waals surface area contributed by atoms with Gasteiger partial charge in [0.15, 0.2) is 11.4 Å². The molecule has 0 aliphatic heterocycles. The number of nitrogens with zero attached hydrogens (tertiary/aromatic N) is 2. The molecule has 8 nitrogen and oxygen atoms in total. The molecule has 0 aliphatic carbocycles. The Hall–Kier alpha value is -4.54. The molecule has 0 bridgehead atoms. The number of nitrogens with one attached hydrogen (secondary N) is 2. The maximum Gasteiger partial charge on any atom is 0.407 e. The third kappa shape index (κ3) is 7.20. The molecule has 42 heavy (non-hydrogen) atoms. The van der Waals surface area contributed by atoms with E-state index in [0.717, 1.165) is 24.1 Å². The number of ether oxygens (including phenoxy) is 2. The molecule has 1 unspecified atom stereocenters. The number of imidazole rings is 1. The minimum atomic E-state index is -0.873. The van der Waals surface area contributed by atoms with Gasteiger partial charge >= 0.3 is 6.09 Å². The van der Waals surface area contributed by atoms with E-state index in [4.69, 9.17) is 9.47 Å². The molecule has 2 aromatic carbocycles. The summed E-state index contributed by atoms with van der Waals surface area (Å²) < 4.78 is 54.5. The Morgan fingerprint density at radius 3 is 2.40 bits per heavy atom. The lowest BCUT2D eigenvalue weighted by Crippen LogP contribution is -2.53. The molecule has 0 saturated carbocycles. The number of benzene rings is 2. The monoisotopic (exact) mass is 582 g/mol. The molecule has 4 rings (SSSR count). The van der Waals surface area contributed by atoms with Crippen molar-refractivity contribution in [2.45, 2.75) is 59.0 Å². The molecule has 4 aromatic rings. The minimum Gasteiger partial charge on any atom is -0.485 e. The molecular weight excluding hydrogens is 549 g/mol. The Morgan fingerprint density at radius 2 is 1.74 bits per heavy atom. The Labute approximate surface area is 241 Å². The summed E-state index contributed by atoms with van der Waals surface area (Å²) in [6.07, 6.45) is 2.08. The number of hydrogen-bond donors (Lipinski definition) is 2. The van der Waals surface area contributed by atoms with Gasteiger partial charge in [0.05, 0.1) is 16.8 Å². The first kappa shape index (κ1) is 30.4. The number of hydrogen-bond acceptors (Lipinski definition) is 5. The van der Waals surface area contributed by atoms with Gasteiger partial charge in [0.25, 0.3) is 5.91 Å². The number of aryl methyl sites for hydroxylation is 1. The number of amides is 2. The molecule has 2 heterocycles. The van der Waals surface area contributed by atoms with Gasteiger partial charge in [0.2, 0.25) is 0 Å². The maximum atomic E-state index is 14.1. The van der Waals surface area contributed by atoms with Gasteiger partial charge in [-0.25, -0.2) is 22.9 Å². The van der Waals surface area contributed by atoms with Crippen LogP contribution in [0.25, 0.3) is 5.65 Å². The van der Waals surface area contributed by atoms with Crippen molar-refractivity contribution in [2.75, 3.05) is 6.54 Å². The van der Waals surface area contributed by atoms with Gasteiger partial charge in [0.1, 0.15) is 37.2 Å². The van der Waals surface area contributed by atoms with Crippen LogP contribution >= 0.6 is 0 Å². The number of carbonyl (C=O) groups is 2. The SMILES string of the molecule is CCCC(C)(CNC(=O)c1c(C)nc2c(OCc3c(F)cccc3F)cc(CF)cn12)NC(=O)OCc1ccccc1. The van der Waals surface area contributed by atoms with E-state index in [9.17, 15) is 22.8 Å². The highest BCUT2D eigenvalue weighted by Gasteiger charge is 2.29. The van der Waals surface area contributed by atoms with Crippen LogP contribution in [0.15, 0.2) is 60.8 Å². The summed E-state index contributed by atoms with van der Waals surface area (Å²) in [5.41, 5.74) is 0.561. The molecule has 0 spiro atoms. The lowest BCUT2D eigenvalue weighted by molar-refractivity contribution is 0.0921. The van der Waals surface area contributed by atoms with Gasteiger partial charge in [0, 0.05) is 18.3 Å². The fraction of sp³-hybridized carbons (Fsp3) is 0.323. The second-order valence-corrected chi connectivity index (χ2v) is 10.3. The summed E-state index contributed by atoms with van der Waals surface area (Å²) in [6, 6.07) is 14.1. The van der Waals surface area contributed by atoms with Crippen molar-refractivity contribution in [2.24, 2.45) is 0 Å². The van der Waals surface area contributed by atoms with Crippen molar-refractivity contribution in [1.29, 1.82) is 0 Å². The smallest absolute Gasteiger partial charge is 0.407 e. The van der Waals surface area contributed by atoms with Crippen molar-refractivity contribution in [3.05, 3.63) is 101 Å². The number of fused-ring (bicyclic) bond motifs is 1. The standard InChI is InChI=1S/C31H33F3N4O4/c1-4-13-31(3,37-30(40)42-17-21-9-6-5-7-10-21)19-35-29(39)27-20(2)36-28-26(14-22(15-32)16-38(27)28)41-18-23-24(33)11-8-12-25(23)34/h5-12,14,16H,4,13,15,17-19H2,1-3H3,(H,35,39)(H,37,40). The average Bonchev–Trinajstić information content (AvgIpc) is 3.31. The first-order valence-corrected chi connectivity index (χ1v) is 13.5. The molecule has 2 aromatic heterocycles. The average molecular weight is 583 g/mol. The normalized spacial score (nSPS) is 12.5. The Bertz CT molecular complexity index is 1540. The van der Waals surface area contributed by atoms with E-state index in [0.29, 0.717) is 12.1 Å². The second-order valence-electron chi connectivity index (χ2n) is 10.3. The van der Waals surface area contributed by atoms with E-state index in [2.05, 4.69) is 15.6 Å². The van der Waals surface area contributed by atoms with E-state index in [1.165, 1.54) is 22.7 Å². The highest BCUT2D eigenvalue weighted by Crippen LogP contribution is 2.27. The van der Waals surface area contributed by atoms with Crippen molar-refractivity contribution in [3.63, 3.8) is 0 Å². The number of rotatable bonds is 12. The highest BCUT2D eigenvalue weighted by atomic mass is 19.1. The molecule has 2 amide bonds. The lowest BCUT2D eigenvalue weighted by Gasteiger charge is -2.30. The Balaban J connectivity index is 1.51. The highest BCUT2D eigenvalue weighted by molar-refractivity contribution is 5.95. The van der Waals surface area contributed by atoms with Crippen LogP contribution in [0.1, 0.15) is 59.6 Å². The molecule has 222 valence electrons. The third-order valence-corrected chi connectivity index (χ3v) is 6.78. The molecule has 0 fully saturated rings. The lowest BCUT2D eigenvalue weighted by atomic mass is 9.96. The fourth-order valence-electron chi connectivity index (χ4n) is 4.67. The molecule has 11 heteroatoms. The molecule has 2 N–H and O–H groups in total. The van der Waals surface area contributed by atoms with Crippen LogP contribution in [0.4, 0.5) is 18.0 Å². The second kappa shape index (κ2) is 13.4. The fourth-order valence-corrected chi connectivity index (χ4v) is 4.67. The summed E-state index contributed by atoms with van der Waals surface area (Å²) in [7, 11) is 0. The topological polar surface area (TPSA) is 94.0 Å². The number of aromatic nitrogens is 2. The predicted octanol–water partition coefficient (Wildman–Crippen LogP) is 6.18. The number of carbonyl (C=O) groups excluding carboxylic acids is 2. The summed E-state index contributed by atoms with van der Waals surface area (Å²) >= 11 is 0. The zero-order chi connectivity index (χ0) is 30.3. The Morgan fingerprint density at radius 1 is 1.02 bits per heavy atom. The number of alkyl carbamates (subject to hydrolysis) is 1. The predicted molar refractivity (Wildman–Crippen MR) is 151 cm³/mol. The maximum absolute atomic E-state index is 14.1. The zero-order valence-electron chi connectivity index (χ0n) is 23.7. The summed E-state index contributed by atoms with van der Waals surface area (Å²) in [4.78, 5) is 30.4. The van der Waals surface area contributed by atoms with Crippen LogP contribution < -0.4 is 15.4 Å². The van der Waals surface area contributed by atoms with Crippen molar-refractivity contribution < 1.29 is 32.2 Å². The third-order valence-electron chi connectivity index (χ3n) is 6.78. The van der Waals surface area contributed by atoms with Gasteiger partial charge in [-0.15, -0.1) is 0 Å². The van der Waals surface area contributed by atoms with Crippen LogP contribution in [0, 0.1) is 18.6 Å². The van der Waals surface area contributed by atoms with E-state index in [1.807, 2.05) is 37.3 Å². The largest absolute Gasteiger partial charge is 0.485 e. The van der Waals surface area contributed by atoms with Gasteiger partial charge in [-0.05, 0) is 44.0 Å². The van der Waals surface area contributed by atoms with E-state index in [1.54, 1.807) is 13.8 Å². The van der Waals surface area contributed by atoms with Gasteiger partial charge in [-0.3, -0.25) is 9.20 Å². The molecular formula is C31H33F3N4O4. The van der Waals surface area contributed by atoms with Crippen LogP contribution in [-0.2, 0) is 24.6 Å². The quantitative estimate of drug-likeness (QED) is 0.208. The molecule has 0 aliphatic rings. The molecule has 1 atom stereocenters. The van der Waals surface area contributed by atoms with Crippen LogP contribution in [-0.4, -0.2) is 33.5 Å².